The Morgan fingerprint density at radius 1 is 1.33 bits per heavy atom. The zero-order chi connectivity index (χ0) is 15.2. The normalized spacial score (nSPS) is 10.9. The smallest absolute Gasteiger partial charge is 0.279 e. The number of rotatable bonds is 6. The largest absolute Gasteiger partial charge is 0.351 e. The Bertz CT molecular complexity index is 613. The molecule has 2 aromatic rings. The Morgan fingerprint density at radius 3 is 2.76 bits per heavy atom. The number of hydrogen-bond donors (Lipinski definition) is 2. The highest BCUT2D eigenvalue weighted by Crippen LogP contribution is 2.16. The van der Waals surface area contributed by atoms with Gasteiger partial charge in [0, 0.05) is 6.54 Å². The first kappa shape index (κ1) is 15.1. The van der Waals surface area contributed by atoms with Crippen molar-refractivity contribution >= 4 is 5.91 Å². The van der Waals surface area contributed by atoms with Crippen LogP contribution in [0, 0.1) is 5.82 Å². The molecule has 112 valence electrons. The van der Waals surface area contributed by atoms with E-state index in [1.54, 1.807) is 18.2 Å². The molecular formula is C14H14F3N3O. The van der Waals surface area contributed by atoms with Crippen molar-refractivity contribution in [2.75, 3.05) is 6.54 Å². The molecule has 0 fully saturated rings. The van der Waals surface area contributed by atoms with Crippen molar-refractivity contribution in [1.82, 2.24) is 15.5 Å². The summed E-state index contributed by atoms with van der Waals surface area (Å²) in [7, 11) is 0. The number of carbonyl (C=O) groups is 1. The zero-order valence-corrected chi connectivity index (χ0v) is 11.1. The first-order chi connectivity index (χ1) is 10.1. The number of hydrogen-bond acceptors (Lipinski definition) is 2. The zero-order valence-electron chi connectivity index (χ0n) is 11.1. The third kappa shape index (κ3) is 4.08. The van der Waals surface area contributed by atoms with E-state index in [1.165, 1.54) is 6.07 Å². The molecule has 0 saturated carbocycles. The second-order valence-electron chi connectivity index (χ2n) is 4.46. The number of benzene rings is 1. The lowest BCUT2D eigenvalue weighted by atomic mass is 10.1. The monoisotopic (exact) mass is 297 g/mol. The first-order valence-corrected chi connectivity index (χ1v) is 6.43. The van der Waals surface area contributed by atoms with Crippen molar-refractivity contribution in [1.29, 1.82) is 0 Å². The molecule has 1 heterocycles. The fourth-order valence-electron chi connectivity index (χ4n) is 1.84. The van der Waals surface area contributed by atoms with Crippen LogP contribution in [0.3, 0.4) is 0 Å². The van der Waals surface area contributed by atoms with Crippen LogP contribution in [0.25, 0.3) is 0 Å². The number of carbonyl (C=O) groups excluding carboxylic acids is 1. The van der Waals surface area contributed by atoms with E-state index in [1.807, 2.05) is 0 Å². The van der Waals surface area contributed by atoms with Crippen LogP contribution in [0.1, 0.15) is 34.6 Å². The van der Waals surface area contributed by atoms with Gasteiger partial charge in [0.15, 0.2) is 0 Å². The molecule has 0 aliphatic carbocycles. The Balaban J connectivity index is 1.78. The van der Waals surface area contributed by atoms with Crippen LogP contribution in [0.2, 0.25) is 0 Å². The van der Waals surface area contributed by atoms with Gasteiger partial charge in [-0.05, 0) is 30.5 Å². The lowest BCUT2D eigenvalue weighted by molar-refractivity contribution is 0.0948. The van der Waals surface area contributed by atoms with Crippen molar-refractivity contribution in [3.05, 3.63) is 53.1 Å². The van der Waals surface area contributed by atoms with Crippen LogP contribution in [-0.2, 0) is 6.42 Å². The summed E-state index contributed by atoms with van der Waals surface area (Å²) in [5.41, 5.74) is 0.0919. The van der Waals surface area contributed by atoms with Crippen LogP contribution < -0.4 is 5.32 Å². The standard InChI is InChI=1S/C14H14F3N3O/c15-10-6-2-1-4-9(10)5-3-7-18-14(21)12-8-11(13(16)17)19-20-12/h1-2,4,6,8,13H,3,5,7H2,(H,18,21)(H,19,20). The minimum absolute atomic E-state index is 0.0869. The second kappa shape index (κ2) is 6.92. The molecule has 1 amide bonds. The summed E-state index contributed by atoms with van der Waals surface area (Å²) in [4.78, 5) is 11.6. The summed E-state index contributed by atoms with van der Waals surface area (Å²) in [6.45, 7) is 0.310. The van der Waals surface area contributed by atoms with Gasteiger partial charge in [0.2, 0.25) is 0 Å². The van der Waals surface area contributed by atoms with E-state index in [2.05, 4.69) is 15.5 Å². The van der Waals surface area contributed by atoms with E-state index in [-0.39, 0.29) is 11.5 Å². The predicted octanol–water partition coefficient (Wildman–Crippen LogP) is 2.85. The Morgan fingerprint density at radius 2 is 2.10 bits per heavy atom. The minimum Gasteiger partial charge on any atom is -0.351 e. The maximum absolute atomic E-state index is 13.3. The molecule has 4 nitrogen and oxygen atoms in total. The lowest BCUT2D eigenvalue weighted by Crippen LogP contribution is -2.25. The van der Waals surface area contributed by atoms with Gasteiger partial charge < -0.3 is 5.32 Å². The van der Waals surface area contributed by atoms with Crippen LogP contribution in [0.15, 0.2) is 30.3 Å². The maximum atomic E-state index is 13.3. The second-order valence-corrected chi connectivity index (χ2v) is 4.46. The van der Waals surface area contributed by atoms with Crippen LogP contribution >= 0.6 is 0 Å². The molecule has 1 aromatic carbocycles. The van der Waals surface area contributed by atoms with Crippen LogP contribution in [0.4, 0.5) is 13.2 Å². The molecule has 0 atom stereocenters. The third-order valence-corrected chi connectivity index (χ3v) is 2.93. The van der Waals surface area contributed by atoms with Crippen LogP contribution in [-0.4, -0.2) is 22.6 Å². The molecular weight excluding hydrogens is 283 g/mol. The number of amides is 1. The van der Waals surface area contributed by atoms with Crippen molar-refractivity contribution in [3.8, 4) is 0 Å². The minimum atomic E-state index is -2.69. The van der Waals surface area contributed by atoms with E-state index >= 15 is 0 Å². The lowest BCUT2D eigenvalue weighted by Gasteiger charge is -2.04. The maximum Gasteiger partial charge on any atom is 0.279 e. The average Bonchev–Trinajstić information content (AvgIpc) is 2.95. The predicted molar refractivity (Wildman–Crippen MR) is 70.6 cm³/mol. The average molecular weight is 297 g/mol. The number of aromatic amines is 1. The number of nitrogens with one attached hydrogen (secondary N) is 2. The van der Waals surface area contributed by atoms with E-state index < -0.39 is 18.0 Å². The van der Waals surface area contributed by atoms with Gasteiger partial charge in [0.1, 0.15) is 17.2 Å². The number of alkyl halides is 2. The highest BCUT2D eigenvalue weighted by molar-refractivity contribution is 5.92. The molecule has 0 saturated heterocycles. The summed E-state index contributed by atoms with van der Waals surface area (Å²) < 4.78 is 38.0. The highest BCUT2D eigenvalue weighted by Gasteiger charge is 2.15. The number of H-pyrrole nitrogens is 1. The molecule has 0 unspecified atom stereocenters. The van der Waals surface area contributed by atoms with Gasteiger partial charge in [-0.15, -0.1) is 0 Å². The van der Waals surface area contributed by atoms with Gasteiger partial charge in [0.05, 0.1) is 0 Å². The molecule has 0 aliphatic heterocycles. The molecule has 0 aliphatic rings. The van der Waals surface area contributed by atoms with E-state index in [0.29, 0.717) is 24.9 Å². The van der Waals surface area contributed by atoms with Gasteiger partial charge in [-0.1, -0.05) is 18.2 Å². The van der Waals surface area contributed by atoms with Crippen molar-refractivity contribution in [2.24, 2.45) is 0 Å². The Kier molecular flexibility index (Phi) is 4.97. The van der Waals surface area contributed by atoms with Crippen molar-refractivity contribution in [3.63, 3.8) is 0 Å². The molecule has 1 aromatic heterocycles. The Labute approximate surface area is 119 Å². The molecule has 2 rings (SSSR count). The van der Waals surface area contributed by atoms with E-state index in [9.17, 15) is 18.0 Å². The first-order valence-electron chi connectivity index (χ1n) is 6.43. The van der Waals surface area contributed by atoms with Crippen molar-refractivity contribution in [2.45, 2.75) is 19.3 Å². The fourth-order valence-corrected chi connectivity index (χ4v) is 1.84. The van der Waals surface area contributed by atoms with E-state index in [0.717, 1.165) is 6.07 Å². The molecule has 7 heteroatoms. The summed E-state index contributed by atoms with van der Waals surface area (Å²) in [6, 6.07) is 7.42. The molecule has 0 radical (unpaired) electrons. The fraction of sp³-hybridized carbons (Fsp3) is 0.286. The molecule has 21 heavy (non-hydrogen) atoms. The van der Waals surface area contributed by atoms with Gasteiger partial charge in [0.25, 0.3) is 12.3 Å². The molecule has 0 spiro atoms. The summed E-state index contributed by atoms with van der Waals surface area (Å²) in [5, 5.41) is 8.16. The summed E-state index contributed by atoms with van der Waals surface area (Å²) >= 11 is 0. The van der Waals surface area contributed by atoms with Gasteiger partial charge in [-0.3, -0.25) is 9.89 Å². The quantitative estimate of drug-likeness (QED) is 0.806. The summed E-state index contributed by atoms with van der Waals surface area (Å²) in [5.74, 6) is -0.815. The Hall–Kier alpha value is -2.31. The van der Waals surface area contributed by atoms with Gasteiger partial charge in [-0.2, -0.15) is 5.10 Å². The number of aryl methyl sites for hydroxylation is 1. The number of aromatic nitrogens is 2. The SMILES string of the molecule is O=C(NCCCc1ccccc1F)c1cc(C(F)F)[nH]n1. The van der Waals surface area contributed by atoms with Gasteiger partial charge in [-0.25, -0.2) is 13.2 Å². The number of halogens is 3. The molecule has 0 bridgehead atoms. The topological polar surface area (TPSA) is 57.8 Å². The number of nitrogens with zero attached hydrogens (tertiary/aromatic N) is 1. The summed E-state index contributed by atoms with van der Waals surface area (Å²) in [6.07, 6.45) is -1.67. The molecule has 2 N–H and O–H groups in total. The third-order valence-electron chi connectivity index (χ3n) is 2.93. The van der Waals surface area contributed by atoms with Crippen LogP contribution in [0.5, 0.6) is 0 Å². The van der Waals surface area contributed by atoms with Gasteiger partial charge >= 0.3 is 0 Å². The van der Waals surface area contributed by atoms with Crippen molar-refractivity contribution < 1.29 is 18.0 Å². The highest BCUT2D eigenvalue weighted by atomic mass is 19.3. The van der Waals surface area contributed by atoms with E-state index in [4.69, 9.17) is 0 Å².